The van der Waals surface area contributed by atoms with Crippen LogP contribution in [0.25, 0.3) is 17.0 Å². The summed E-state index contributed by atoms with van der Waals surface area (Å²) >= 11 is 5.41. The standard InChI is InChI=1S/C26H20FN3O2S/c27-21-11-5-7-13-24(21)32-15-14-29-17-18(20-10-4-6-12-23(20)29)16-22-25(31)30(26(33)28-22)19-8-2-1-3-9-19/h1-13,16-17H,14-15H2,(H,28,33)/b22-16-. The van der Waals surface area contributed by atoms with Crippen molar-refractivity contribution in [2.45, 2.75) is 6.54 Å². The van der Waals surface area contributed by atoms with E-state index in [-0.39, 0.29) is 17.5 Å². The Labute approximate surface area is 195 Å². The first-order valence-electron chi connectivity index (χ1n) is 10.5. The third kappa shape index (κ3) is 4.10. The van der Waals surface area contributed by atoms with Gasteiger partial charge in [0.25, 0.3) is 5.91 Å². The molecule has 1 saturated heterocycles. The van der Waals surface area contributed by atoms with E-state index >= 15 is 0 Å². The van der Waals surface area contributed by atoms with E-state index in [2.05, 4.69) is 5.32 Å². The van der Waals surface area contributed by atoms with Crippen molar-refractivity contribution in [1.29, 1.82) is 0 Å². The minimum absolute atomic E-state index is 0.203. The number of hydrogen-bond donors (Lipinski definition) is 1. The fourth-order valence-corrected chi connectivity index (χ4v) is 4.19. The molecule has 33 heavy (non-hydrogen) atoms. The first-order chi connectivity index (χ1) is 16.1. The predicted octanol–water partition coefficient (Wildman–Crippen LogP) is 5.12. The molecule has 0 unspecified atom stereocenters. The van der Waals surface area contributed by atoms with Gasteiger partial charge in [-0.1, -0.05) is 48.5 Å². The summed E-state index contributed by atoms with van der Waals surface area (Å²) in [6.07, 6.45) is 3.78. The molecule has 1 aliphatic rings. The molecule has 0 radical (unpaired) electrons. The third-order valence-corrected chi connectivity index (χ3v) is 5.72. The second-order valence-electron chi connectivity index (χ2n) is 7.54. The number of carbonyl (C=O) groups is 1. The van der Waals surface area contributed by atoms with E-state index in [1.807, 2.05) is 71.4 Å². The molecule has 0 saturated carbocycles. The van der Waals surface area contributed by atoms with E-state index in [4.69, 9.17) is 17.0 Å². The van der Waals surface area contributed by atoms with Crippen LogP contribution in [-0.4, -0.2) is 22.2 Å². The Morgan fingerprint density at radius 2 is 1.70 bits per heavy atom. The lowest BCUT2D eigenvalue weighted by Gasteiger charge is -2.13. The Kier molecular flexibility index (Phi) is 5.62. The molecule has 4 aromatic rings. The SMILES string of the molecule is O=C1/C(=C/c2cn(CCOc3ccccc3F)c3ccccc23)NC(=S)N1c1ccccc1. The van der Waals surface area contributed by atoms with Gasteiger partial charge < -0.3 is 14.6 Å². The van der Waals surface area contributed by atoms with Crippen LogP contribution in [0.1, 0.15) is 5.56 Å². The molecule has 1 N–H and O–H groups in total. The summed E-state index contributed by atoms with van der Waals surface area (Å²) in [5, 5.41) is 4.38. The second kappa shape index (κ2) is 8.88. The lowest BCUT2D eigenvalue weighted by Crippen LogP contribution is -2.30. The number of amides is 1. The molecule has 7 heteroatoms. The maximum atomic E-state index is 13.8. The van der Waals surface area contributed by atoms with E-state index in [0.29, 0.717) is 24.0 Å². The highest BCUT2D eigenvalue weighted by Gasteiger charge is 2.32. The number of fused-ring (bicyclic) bond motifs is 1. The summed E-state index contributed by atoms with van der Waals surface area (Å²) < 4.78 is 21.5. The van der Waals surface area contributed by atoms with Crippen LogP contribution in [0.3, 0.4) is 0 Å². The summed E-state index contributed by atoms with van der Waals surface area (Å²) in [5.74, 6) is -0.359. The van der Waals surface area contributed by atoms with Gasteiger partial charge in [0.05, 0.1) is 12.2 Å². The molecule has 0 spiro atoms. The van der Waals surface area contributed by atoms with Crippen molar-refractivity contribution in [3.63, 3.8) is 0 Å². The normalized spacial score (nSPS) is 14.8. The Hall–Kier alpha value is -3.97. The zero-order valence-electron chi connectivity index (χ0n) is 17.6. The predicted molar refractivity (Wildman–Crippen MR) is 131 cm³/mol. The summed E-state index contributed by atoms with van der Waals surface area (Å²) in [6.45, 7) is 0.826. The lowest BCUT2D eigenvalue weighted by atomic mass is 10.1. The number of nitrogens with zero attached hydrogens (tertiary/aromatic N) is 2. The lowest BCUT2D eigenvalue weighted by molar-refractivity contribution is -0.113. The average molecular weight is 458 g/mol. The van der Waals surface area contributed by atoms with Crippen molar-refractivity contribution in [2.24, 2.45) is 0 Å². The third-order valence-electron chi connectivity index (χ3n) is 5.44. The van der Waals surface area contributed by atoms with Gasteiger partial charge in [0.1, 0.15) is 12.3 Å². The summed E-state index contributed by atoms with van der Waals surface area (Å²) in [6, 6.07) is 23.6. The van der Waals surface area contributed by atoms with Crippen molar-refractivity contribution in [2.75, 3.05) is 11.5 Å². The van der Waals surface area contributed by atoms with Gasteiger partial charge in [-0.15, -0.1) is 0 Å². The molecule has 164 valence electrons. The fraction of sp³-hybridized carbons (Fsp3) is 0.0769. The van der Waals surface area contributed by atoms with Crippen molar-refractivity contribution in [1.82, 2.24) is 9.88 Å². The highest BCUT2D eigenvalue weighted by atomic mass is 32.1. The zero-order chi connectivity index (χ0) is 22.8. The number of rotatable bonds is 6. The van der Waals surface area contributed by atoms with Crippen LogP contribution in [-0.2, 0) is 11.3 Å². The van der Waals surface area contributed by atoms with E-state index in [0.717, 1.165) is 22.2 Å². The quantitative estimate of drug-likeness (QED) is 0.322. The van der Waals surface area contributed by atoms with Gasteiger partial charge >= 0.3 is 0 Å². The summed E-state index contributed by atoms with van der Waals surface area (Å²) in [5.41, 5.74) is 3.00. The molecular formula is C26H20FN3O2S. The van der Waals surface area contributed by atoms with Crippen LogP contribution in [0.5, 0.6) is 5.75 Å². The molecule has 2 heterocycles. The van der Waals surface area contributed by atoms with Crippen LogP contribution >= 0.6 is 12.2 Å². The minimum atomic E-state index is -0.384. The topological polar surface area (TPSA) is 46.5 Å². The van der Waals surface area contributed by atoms with E-state index in [1.165, 1.54) is 11.0 Å². The van der Waals surface area contributed by atoms with E-state index in [1.54, 1.807) is 18.2 Å². The number of hydrogen-bond acceptors (Lipinski definition) is 3. The maximum absolute atomic E-state index is 13.8. The Bertz CT molecular complexity index is 1380. The molecule has 1 fully saturated rings. The average Bonchev–Trinajstić information content (AvgIpc) is 3.32. The van der Waals surface area contributed by atoms with Gasteiger partial charge in [0.15, 0.2) is 16.7 Å². The molecule has 1 aliphatic heterocycles. The van der Waals surface area contributed by atoms with E-state index < -0.39 is 0 Å². The largest absolute Gasteiger partial charge is 0.489 e. The highest BCUT2D eigenvalue weighted by Crippen LogP contribution is 2.27. The molecule has 1 amide bonds. The van der Waals surface area contributed by atoms with Crippen molar-refractivity contribution in [3.05, 3.63) is 102 Å². The molecule has 3 aromatic carbocycles. The number of halogens is 1. The Morgan fingerprint density at radius 1 is 0.970 bits per heavy atom. The van der Waals surface area contributed by atoms with Gasteiger partial charge in [0, 0.05) is 22.7 Å². The van der Waals surface area contributed by atoms with Gasteiger partial charge in [-0.25, -0.2) is 4.39 Å². The smallest absolute Gasteiger partial charge is 0.281 e. The number of benzene rings is 3. The zero-order valence-corrected chi connectivity index (χ0v) is 18.4. The molecule has 0 atom stereocenters. The Balaban J connectivity index is 1.41. The van der Waals surface area contributed by atoms with Crippen LogP contribution in [0.4, 0.5) is 10.1 Å². The van der Waals surface area contributed by atoms with Crippen LogP contribution < -0.4 is 15.0 Å². The molecule has 0 aliphatic carbocycles. The monoisotopic (exact) mass is 457 g/mol. The number of nitrogens with one attached hydrogen (secondary N) is 1. The molecule has 0 bridgehead atoms. The number of para-hydroxylation sites is 3. The molecule has 1 aromatic heterocycles. The van der Waals surface area contributed by atoms with Crippen molar-refractivity contribution in [3.8, 4) is 5.75 Å². The highest BCUT2D eigenvalue weighted by molar-refractivity contribution is 7.80. The number of thiocarbonyl (C=S) groups is 1. The minimum Gasteiger partial charge on any atom is -0.489 e. The second-order valence-corrected chi connectivity index (χ2v) is 7.92. The number of ether oxygens (including phenoxy) is 1. The number of carbonyl (C=O) groups excluding carboxylic acids is 1. The number of aromatic nitrogens is 1. The van der Waals surface area contributed by atoms with Crippen molar-refractivity contribution < 1.29 is 13.9 Å². The maximum Gasteiger partial charge on any atom is 0.281 e. The summed E-state index contributed by atoms with van der Waals surface area (Å²) in [7, 11) is 0. The molecule has 5 nitrogen and oxygen atoms in total. The van der Waals surface area contributed by atoms with Gasteiger partial charge in [0.2, 0.25) is 0 Å². The first kappa shape index (κ1) is 20.9. The molecule has 5 rings (SSSR count). The summed E-state index contributed by atoms with van der Waals surface area (Å²) in [4.78, 5) is 14.6. The van der Waals surface area contributed by atoms with Crippen LogP contribution in [0.2, 0.25) is 0 Å². The van der Waals surface area contributed by atoms with Gasteiger partial charge in [-0.3, -0.25) is 9.69 Å². The molecular weight excluding hydrogens is 437 g/mol. The fourth-order valence-electron chi connectivity index (χ4n) is 3.89. The van der Waals surface area contributed by atoms with Gasteiger partial charge in [-0.2, -0.15) is 0 Å². The van der Waals surface area contributed by atoms with Crippen LogP contribution in [0, 0.1) is 5.82 Å². The van der Waals surface area contributed by atoms with E-state index in [9.17, 15) is 9.18 Å². The van der Waals surface area contributed by atoms with Crippen LogP contribution in [0.15, 0.2) is 90.8 Å². The number of anilines is 1. The first-order valence-corrected chi connectivity index (χ1v) is 10.9. The van der Waals surface area contributed by atoms with Crippen molar-refractivity contribution >= 4 is 45.9 Å². The Morgan fingerprint density at radius 3 is 2.52 bits per heavy atom. The van der Waals surface area contributed by atoms with Gasteiger partial charge in [-0.05, 0) is 48.6 Å².